The molecule has 0 fully saturated rings. The van der Waals surface area contributed by atoms with E-state index in [9.17, 15) is 19.7 Å². The molecular formula is C18H27NO6. The standard InChI is InChI=1S/C18H27NO6/c1-4-7-9-15-14(17(21)25-6-3)11-13-18(15,19(22)23)12-8-10-16(20)24-5-2/h8,10-11,15H,4-7,9,12-13H2,1-3H3/b10-8+/t15-,18+/m1/s1. The van der Waals surface area contributed by atoms with Gasteiger partial charge in [0.15, 0.2) is 0 Å². The van der Waals surface area contributed by atoms with Crippen molar-refractivity contribution < 1.29 is 24.0 Å². The van der Waals surface area contributed by atoms with Crippen molar-refractivity contribution in [3.05, 3.63) is 33.9 Å². The van der Waals surface area contributed by atoms with E-state index in [1.807, 2.05) is 6.92 Å². The second-order valence-corrected chi connectivity index (χ2v) is 6.00. The van der Waals surface area contributed by atoms with Crippen LogP contribution in [0.25, 0.3) is 0 Å². The minimum absolute atomic E-state index is 0.0621. The maximum Gasteiger partial charge on any atom is 0.334 e. The van der Waals surface area contributed by atoms with Gasteiger partial charge in [-0.2, -0.15) is 0 Å². The molecule has 0 aliphatic heterocycles. The summed E-state index contributed by atoms with van der Waals surface area (Å²) in [6.07, 6.45) is 6.71. The first-order valence-corrected chi connectivity index (χ1v) is 8.77. The Morgan fingerprint density at radius 2 is 2.00 bits per heavy atom. The summed E-state index contributed by atoms with van der Waals surface area (Å²) in [6.45, 7) is 5.87. The highest BCUT2D eigenvalue weighted by atomic mass is 16.6. The Balaban J connectivity index is 3.04. The van der Waals surface area contributed by atoms with Gasteiger partial charge in [0.05, 0.1) is 19.1 Å². The van der Waals surface area contributed by atoms with Gasteiger partial charge in [0.1, 0.15) is 0 Å². The number of unbranched alkanes of at least 4 members (excludes halogenated alkanes) is 1. The van der Waals surface area contributed by atoms with E-state index in [2.05, 4.69) is 0 Å². The third kappa shape index (κ3) is 5.14. The summed E-state index contributed by atoms with van der Waals surface area (Å²) < 4.78 is 9.86. The molecule has 0 aromatic carbocycles. The van der Waals surface area contributed by atoms with Crippen LogP contribution in [0.2, 0.25) is 0 Å². The number of nitrogens with zero attached hydrogens (tertiary/aromatic N) is 1. The molecule has 0 saturated heterocycles. The normalized spacial score (nSPS) is 22.7. The van der Waals surface area contributed by atoms with Crippen LogP contribution in [0.4, 0.5) is 0 Å². The minimum atomic E-state index is -1.32. The number of esters is 2. The lowest BCUT2D eigenvalue weighted by molar-refractivity contribution is -0.575. The Morgan fingerprint density at radius 3 is 2.56 bits per heavy atom. The van der Waals surface area contributed by atoms with Gasteiger partial charge in [-0.15, -0.1) is 0 Å². The molecule has 7 heteroatoms. The predicted molar refractivity (Wildman–Crippen MR) is 92.5 cm³/mol. The van der Waals surface area contributed by atoms with Gasteiger partial charge in [-0.1, -0.05) is 31.9 Å². The first kappa shape index (κ1) is 20.9. The Kier molecular flexibility index (Phi) is 8.31. The van der Waals surface area contributed by atoms with Crippen molar-refractivity contribution in [2.75, 3.05) is 13.2 Å². The van der Waals surface area contributed by atoms with Gasteiger partial charge in [0.25, 0.3) is 0 Å². The Morgan fingerprint density at radius 1 is 1.32 bits per heavy atom. The van der Waals surface area contributed by atoms with Crippen LogP contribution >= 0.6 is 0 Å². The highest BCUT2D eigenvalue weighted by Gasteiger charge is 2.55. The van der Waals surface area contributed by atoms with Crippen molar-refractivity contribution in [1.82, 2.24) is 0 Å². The fourth-order valence-electron chi connectivity index (χ4n) is 3.18. The van der Waals surface area contributed by atoms with E-state index in [1.54, 1.807) is 19.9 Å². The molecule has 0 unspecified atom stereocenters. The molecule has 0 saturated carbocycles. The van der Waals surface area contributed by atoms with Gasteiger partial charge in [0.2, 0.25) is 5.54 Å². The molecule has 0 radical (unpaired) electrons. The third-order valence-electron chi connectivity index (χ3n) is 4.43. The molecular weight excluding hydrogens is 326 g/mol. The Labute approximate surface area is 148 Å². The van der Waals surface area contributed by atoms with Gasteiger partial charge in [0, 0.05) is 29.4 Å². The average Bonchev–Trinajstić information content (AvgIpc) is 2.93. The van der Waals surface area contributed by atoms with Crippen LogP contribution in [0.5, 0.6) is 0 Å². The van der Waals surface area contributed by atoms with Gasteiger partial charge in [-0.05, 0) is 20.3 Å². The lowest BCUT2D eigenvalue weighted by Gasteiger charge is -2.28. The molecule has 1 aliphatic rings. The topological polar surface area (TPSA) is 95.7 Å². The molecule has 25 heavy (non-hydrogen) atoms. The van der Waals surface area contributed by atoms with Crippen molar-refractivity contribution in [3.63, 3.8) is 0 Å². The highest BCUT2D eigenvalue weighted by Crippen LogP contribution is 2.44. The van der Waals surface area contributed by atoms with Crippen molar-refractivity contribution in [1.29, 1.82) is 0 Å². The van der Waals surface area contributed by atoms with Crippen LogP contribution in [0.1, 0.15) is 52.9 Å². The number of carbonyl (C=O) groups excluding carboxylic acids is 2. The van der Waals surface area contributed by atoms with E-state index in [1.165, 1.54) is 12.2 Å². The molecule has 0 amide bonds. The average molecular weight is 353 g/mol. The smallest absolute Gasteiger partial charge is 0.334 e. The number of ether oxygens (including phenoxy) is 2. The Bertz CT molecular complexity index is 554. The maximum atomic E-state index is 12.2. The van der Waals surface area contributed by atoms with Crippen molar-refractivity contribution in [3.8, 4) is 0 Å². The molecule has 0 aromatic heterocycles. The van der Waals surface area contributed by atoms with Crippen LogP contribution in [0, 0.1) is 16.0 Å². The van der Waals surface area contributed by atoms with Crippen molar-refractivity contribution >= 4 is 11.9 Å². The quantitative estimate of drug-likeness (QED) is 0.259. The largest absolute Gasteiger partial charge is 0.463 e. The van der Waals surface area contributed by atoms with Crippen LogP contribution < -0.4 is 0 Å². The summed E-state index contributed by atoms with van der Waals surface area (Å²) in [5, 5.41) is 11.9. The third-order valence-corrected chi connectivity index (χ3v) is 4.43. The highest BCUT2D eigenvalue weighted by molar-refractivity contribution is 5.90. The molecule has 0 heterocycles. The summed E-state index contributed by atoms with van der Waals surface area (Å²) in [5.74, 6) is -1.53. The summed E-state index contributed by atoms with van der Waals surface area (Å²) in [7, 11) is 0. The second kappa shape index (κ2) is 9.96. The molecule has 1 rings (SSSR count). The lowest BCUT2D eigenvalue weighted by Crippen LogP contribution is -2.44. The molecule has 0 aromatic rings. The van der Waals surface area contributed by atoms with E-state index in [0.717, 1.165) is 12.8 Å². The van der Waals surface area contributed by atoms with E-state index in [0.29, 0.717) is 12.0 Å². The van der Waals surface area contributed by atoms with Crippen LogP contribution in [0.15, 0.2) is 23.8 Å². The zero-order valence-electron chi connectivity index (χ0n) is 15.2. The van der Waals surface area contributed by atoms with Crippen LogP contribution in [-0.4, -0.2) is 35.6 Å². The van der Waals surface area contributed by atoms with Crippen LogP contribution in [0.3, 0.4) is 0 Å². The summed E-state index contributed by atoms with van der Waals surface area (Å²) in [4.78, 5) is 35.2. The number of carbonyl (C=O) groups is 2. The fourth-order valence-corrected chi connectivity index (χ4v) is 3.18. The molecule has 2 atom stereocenters. The summed E-state index contributed by atoms with van der Waals surface area (Å²) in [5.41, 5.74) is -0.934. The van der Waals surface area contributed by atoms with E-state index in [-0.39, 0.29) is 31.0 Å². The molecule has 7 nitrogen and oxygen atoms in total. The predicted octanol–water partition coefficient (Wildman–Crippen LogP) is 3.21. The van der Waals surface area contributed by atoms with Crippen LogP contribution in [-0.2, 0) is 19.1 Å². The first-order valence-electron chi connectivity index (χ1n) is 8.77. The second-order valence-electron chi connectivity index (χ2n) is 6.00. The SMILES string of the molecule is CCCC[C@@H]1C(C(=O)OCC)=CC[C@]1(C/C=C/C(=O)OCC)[N+](=O)[O-]. The monoisotopic (exact) mass is 353 g/mol. The van der Waals surface area contributed by atoms with Gasteiger partial charge in [-0.3, -0.25) is 10.1 Å². The number of hydrogen-bond acceptors (Lipinski definition) is 6. The van der Waals surface area contributed by atoms with Crippen molar-refractivity contribution in [2.45, 2.75) is 58.4 Å². The van der Waals surface area contributed by atoms with Gasteiger partial charge >= 0.3 is 11.9 Å². The fraction of sp³-hybridized carbons (Fsp3) is 0.667. The van der Waals surface area contributed by atoms with E-state index < -0.39 is 23.4 Å². The number of hydrogen-bond donors (Lipinski definition) is 0. The van der Waals surface area contributed by atoms with Crippen molar-refractivity contribution in [2.24, 2.45) is 5.92 Å². The molecule has 0 N–H and O–H groups in total. The number of nitro groups is 1. The molecule has 0 spiro atoms. The Hall–Kier alpha value is -2.18. The summed E-state index contributed by atoms with van der Waals surface area (Å²) >= 11 is 0. The number of rotatable bonds is 10. The molecule has 0 bridgehead atoms. The van der Waals surface area contributed by atoms with E-state index >= 15 is 0 Å². The van der Waals surface area contributed by atoms with Gasteiger partial charge in [-0.25, -0.2) is 9.59 Å². The zero-order chi connectivity index (χ0) is 18.9. The molecule has 1 aliphatic carbocycles. The zero-order valence-corrected chi connectivity index (χ0v) is 15.2. The molecule has 140 valence electrons. The first-order chi connectivity index (χ1) is 11.9. The minimum Gasteiger partial charge on any atom is -0.463 e. The summed E-state index contributed by atoms with van der Waals surface area (Å²) in [6, 6.07) is 0. The maximum absolute atomic E-state index is 12.2. The lowest BCUT2D eigenvalue weighted by atomic mass is 9.78. The van der Waals surface area contributed by atoms with E-state index in [4.69, 9.17) is 9.47 Å². The van der Waals surface area contributed by atoms with Gasteiger partial charge < -0.3 is 9.47 Å².